The second-order valence-electron chi connectivity index (χ2n) is 6.43. The van der Waals surface area contributed by atoms with Crippen LogP contribution in [0.15, 0.2) is 66.9 Å². The summed E-state index contributed by atoms with van der Waals surface area (Å²) in [5.74, 6) is -0.203. The Morgan fingerprint density at radius 1 is 0.923 bits per heavy atom. The van der Waals surface area contributed by atoms with Crippen LogP contribution in [0, 0.1) is 13.8 Å². The lowest BCUT2D eigenvalue weighted by molar-refractivity contribution is 0.102. The molecule has 0 unspecified atom stereocenters. The van der Waals surface area contributed by atoms with E-state index in [2.05, 4.69) is 33.8 Å². The van der Waals surface area contributed by atoms with Gasteiger partial charge in [0, 0.05) is 12.2 Å². The highest BCUT2D eigenvalue weighted by Gasteiger charge is 2.08. The number of benzene rings is 2. The monoisotopic (exact) mass is 345 g/mol. The first kappa shape index (κ1) is 17.7. The second kappa shape index (κ2) is 8.30. The summed E-state index contributed by atoms with van der Waals surface area (Å²) in [7, 11) is 0. The topological polar surface area (TPSA) is 54.0 Å². The van der Waals surface area contributed by atoms with E-state index in [-0.39, 0.29) is 5.91 Å². The standard InChI is InChI=1S/C22H23N3O/c1-16-12-17(2)14-20(13-16)25-22(26)21-9-8-19(15-24-21)23-11-10-18-6-4-3-5-7-18/h3-9,12-15,23H,10-11H2,1-2H3,(H,25,26). The van der Waals surface area contributed by atoms with Gasteiger partial charge in [-0.15, -0.1) is 0 Å². The van der Waals surface area contributed by atoms with Crippen LogP contribution in [-0.2, 0) is 6.42 Å². The van der Waals surface area contributed by atoms with Gasteiger partial charge in [-0.05, 0) is 61.2 Å². The molecule has 0 saturated carbocycles. The number of hydrogen-bond donors (Lipinski definition) is 2. The Kier molecular flexibility index (Phi) is 5.64. The van der Waals surface area contributed by atoms with E-state index in [1.54, 1.807) is 12.3 Å². The Labute approximate surface area is 154 Å². The summed E-state index contributed by atoms with van der Waals surface area (Å²) in [5.41, 5.74) is 5.62. The number of amides is 1. The number of aromatic nitrogens is 1. The van der Waals surface area contributed by atoms with Crippen molar-refractivity contribution in [3.8, 4) is 0 Å². The molecule has 0 fully saturated rings. The number of rotatable bonds is 6. The first-order valence-electron chi connectivity index (χ1n) is 8.74. The number of anilines is 2. The molecule has 1 heterocycles. The number of nitrogens with one attached hydrogen (secondary N) is 2. The van der Waals surface area contributed by atoms with E-state index in [1.807, 2.05) is 50.2 Å². The van der Waals surface area contributed by atoms with Gasteiger partial charge >= 0.3 is 0 Å². The first-order valence-corrected chi connectivity index (χ1v) is 8.74. The lowest BCUT2D eigenvalue weighted by Crippen LogP contribution is -2.14. The molecule has 0 atom stereocenters. The molecule has 26 heavy (non-hydrogen) atoms. The fraction of sp³-hybridized carbons (Fsp3) is 0.182. The fourth-order valence-corrected chi connectivity index (χ4v) is 2.87. The average Bonchev–Trinajstić information content (AvgIpc) is 2.62. The molecule has 0 aliphatic heterocycles. The lowest BCUT2D eigenvalue weighted by atomic mass is 10.1. The molecule has 0 radical (unpaired) electrons. The van der Waals surface area contributed by atoms with Gasteiger partial charge in [-0.1, -0.05) is 36.4 Å². The van der Waals surface area contributed by atoms with Crippen molar-refractivity contribution in [2.45, 2.75) is 20.3 Å². The van der Waals surface area contributed by atoms with Crippen molar-refractivity contribution >= 4 is 17.3 Å². The zero-order chi connectivity index (χ0) is 18.4. The fourth-order valence-electron chi connectivity index (χ4n) is 2.87. The van der Waals surface area contributed by atoms with Gasteiger partial charge in [0.25, 0.3) is 5.91 Å². The number of nitrogens with zero attached hydrogens (tertiary/aromatic N) is 1. The molecule has 3 aromatic rings. The van der Waals surface area contributed by atoms with Crippen LogP contribution >= 0.6 is 0 Å². The van der Waals surface area contributed by atoms with Crippen molar-refractivity contribution in [2.24, 2.45) is 0 Å². The van der Waals surface area contributed by atoms with Crippen molar-refractivity contribution in [1.82, 2.24) is 4.98 Å². The van der Waals surface area contributed by atoms with E-state index in [0.29, 0.717) is 5.69 Å². The van der Waals surface area contributed by atoms with Crippen LogP contribution in [0.1, 0.15) is 27.2 Å². The van der Waals surface area contributed by atoms with Gasteiger partial charge in [0.15, 0.2) is 0 Å². The van der Waals surface area contributed by atoms with Crippen molar-refractivity contribution in [3.05, 3.63) is 89.2 Å². The van der Waals surface area contributed by atoms with Crippen LogP contribution in [0.5, 0.6) is 0 Å². The predicted molar refractivity (Wildman–Crippen MR) is 107 cm³/mol. The highest BCUT2D eigenvalue weighted by Crippen LogP contribution is 2.15. The smallest absolute Gasteiger partial charge is 0.274 e. The molecule has 4 nitrogen and oxygen atoms in total. The molecule has 2 N–H and O–H groups in total. The summed E-state index contributed by atoms with van der Waals surface area (Å²) in [5, 5.41) is 6.23. The Bertz CT molecular complexity index is 853. The minimum absolute atomic E-state index is 0.203. The zero-order valence-electron chi connectivity index (χ0n) is 15.1. The third-order valence-electron chi connectivity index (χ3n) is 4.06. The van der Waals surface area contributed by atoms with Gasteiger partial charge in [0.2, 0.25) is 0 Å². The maximum Gasteiger partial charge on any atom is 0.274 e. The van der Waals surface area contributed by atoms with E-state index >= 15 is 0 Å². The normalized spacial score (nSPS) is 10.4. The van der Waals surface area contributed by atoms with Crippen LogP contribution in [0.2, 0.25) is 0 Å². The van der Waals surface area contributed by atoms with E-state index in [0.717, 1.165) is 35.5 Å². The average molecular weight is 345 g/mol. The van der Waals surface area contributed by atoms with Crippen LogP contribution < -0.4 is 10.6 Å². The molecule has 4 heteroatoms. The molecular formula is C22H23N3O. The Hall–Kier alpha value is -3.14. The first-order chi connectivity index (χ1) is 12.6. The van der Waals surface area contributed by atoms with E-state index in [9.17, 15) is 4.79 Å². The van der Waals surface area contributed by atoms with Crippen molar-refractivity contribution in [1.29, 1.82) is 0 Å². The molecular weight excluding hydrogens is 322 g/mol. The highest BCUT2D eigenvalue weighted by atomic mass is 16.1. The molecule has 1 amide bonds. The third-order valence-corrected chi connectivity index (χ3v) is 4.06. The minimum Gasteiger partial charge on any atom is -0.383 e. The van der Waals surface area contributed by atoms with E-state index in [4.69, 9.17) is 0 Å². The van der Waals surface area contributed by atoms with Crippen LogP contribution in [-0.4, -0.2) is 17.4 Å². The highest BCUT2D eigenvalue weighted by molar-refractivity contribution is 6.03. The van der Waals surface area contributed by atoms with Gasteiger partial charge in [0.1, 0.15) is 5.69 Å². The lowest BCUT2D eigenvalue weighted by Gasteiger charge is -2.09. The number of carbonyl (C=O) groups is 1. The van der Waals surface area contributed by atoms with Gasteiger partial charge in [-0.25, -0.2) is 4.98 Å². The van der Waals surface area contributed by atoms with Crippen LogP contribution in [0.4, 0.5) is 11.4 Å². The predicted octanol–water partition coefficient (Wildman–Crippen LogP) is 4.61. The summed E-state index contributed by atoms with van der Waals surface area (Å²) in [6.45, 7) is 4.84. The Morgan fingerprint density at radius 2 is 1.65 bits per heavy atom. The SMILES string of the molecule is Cc1cc(C)cc(NC(=O)c2ccc(NCCc3ccccc3)cn2)c1. The van der Waals surface area contributed by atoms with Crippen molar-refractivity contribution in [3.63, 3.8) is 0 Å². The molecule has 0 bridgehead atoms. The van der Waals surface area contributed by atoms with Gasteiger partial charge in [0.05, 0.1) is 11.9 Å². The number of pyridine rings is 1. The maximum atomic E-state index is 12.4. The molecule has 0 aliphatic rings. The summed E-state index contributed by atoms with van der Waals surface area (Å²) < 4.78 is 0. The quantitative estimate of drug-likeness (QED) is 0.686. The van der Waals surface area contributed by atoms with Crippen LogP contribution in [0.3, 0.4) is 0 Å². The zero-order valence-corrected chi connectivity index (χ0v) is 15.1. The van der Waals surface area contributed by atoms with E-state index in [1.165, 1.54) is 5.56 Å². The Balaban J connectivity index is 1.55. The van der Waals surface area contributed by atoms with Crippen molar-refractivity contribution < 1.29 is 4.79 Å². The molecule has 0 saturated heterocycles. The molecule has 3 rings (SSSR count). The number of aryl methyl sites for hydroxylation is 2. The van der Waals surface area contributed by atoms with Gasteiger partial charge in [-0.2, -0.15) is 0 Å². The van der Waals surface area contributed by atoms with Crippen LogP contribution in [0.25, 0.3) is 0 Å². The summed E-state index contributed by atoms with van der Waals surface area (Å²) in [6.07, 6.45) is 2.64. The van der Waals surface area contributed by atoms with Gasteiger partial charge in [-0.3, -0.25) is 4.79 Å². The molecule has 0 spiro atoms. The maximum absolute atomic E-state index is 12.4. The number of hydrogen-bond acceptors (Lipinski definition) is 3. The minimum atomic E-state index is -0.203. The summed E-state index contributed by atoms with van der Waals surface area (Å²) >= 11 is 0. The molecule has 2 aromatic carbocycles. The largest absolute Gasteiger partial charge is 0.383 e. The summed E-state index contributed by atoms with van der Waals surface area (Å²) in [4.78, 5) is 16.6. The molecule has 132 valence electrons. The molecule has 0 aliphatic carbocycles. The summed E-state index contributed by atoms with van der Waals surface area (Å²) in [6, 6.07) is 19.9. The Morgan fingerprint density at radius 3 is 2.31 bits per heavy atom. The van der Waals surface area contributed by atoms with E-state index < -0.39 is 0 Å². The molecule has 1 aromatic heterocycles. The van der Waals surface area contributed by atoms with Crippen molar-refractivity contribution in [2.75, 3.05) is 17.2 Å². The third kappa shape index (κ3) is 4.93. The number of carbonyl (C=O) groups excluding carboxylic acids is 1. The van der Waals surface area contributed by atoms with Gasteiger partial charge < -0.3 is 10.6 Å². The second-order valence-corrected chi connectivity index (χ2v) is 6.43.